The second-order valence-corrected chi connectivity index (χ2v) is 9.27. The molecule has 0 heterocycles. The minimum absolute atomic E-state index is 0.136. The molecule has 192 valence electrons. The SMILES string of the molecule is CCOC(=O)[C@H](CC(C)C)NC(=O)CCCCCCCC(=O)N[C@@H](CC(C)C)C(=O)OCC. The van der Waals surface area contributed by atoms with Crippen LogP contribution in [0, 0.1) is 11.8 Å². The highest BCUT2D eigenvalue weighted by Crippen LogP contribution is 2.11. The fraction of sp³-hybridized carbons (Fsp3) is 0.840. The zero-order valence-electron chi connectivity index (χ0n) is 21.5. The molecule has 2 amide bonds. The summed E-state index contributed by atoms with van der Waals surface area (Å²) in [6.07, 6.45) is 5.98. The highest BCUT2D eigenvalue weighted by Gasteiger charge is 2.23. The van der Waals surface area contributed by atoms with E-state index >= 15 is 0 Å². The third-order valence-corrected chi connectivity index (χ3v) is 5.03. The molecule has 0 fully saturated rings. The maximum atomic E-state index is 12.2. The van der Waals surface area contributed by atoms with Gasteiger partial charge in [0.2, 0.25) is 11.8 Å². The van der Waals surface area contributed by atoms with Gasteiger partial charge in [0.25, 0.3) is 0 Å². The number of rotatable bonds is 18. The third kappa shape index (κ3) is 16.2. The van der Waals surface area contributed by atoms with E-state index in [0.29, 0.717) is 38.9 Å². The van der Waals surface area contributed by atoms with Gasteiger partial charge in [-0.15, -0.1) is 0 Å². The average molecular weight is 471 g/mol. The van der Waals surface area contributed by atoms with Gasteiger partial charge in [0.1, 0.15) is 12.1 Å². The van der Waals surface area contributed by atoms with E-state index in [9.17, 15) is 19.2 Å². The zero-order valence-corrected chi connectivity index (χ0v) is 21.5. The first-order valence-electron chi connectivity index (χ1n) is 12.5. The fourth-order valence-corrected chi connectivity index (χ4v) is 3.49. The lowest BCUT2D eigenvalue weighted by atomic mass is 10.0. The molecule has 0 bridgehead atoms. The van der Waals surface area contributed by atoms with Crippen LogP contribution in [-0.2, 0) is 28.7 Å². The van der Waals surface area contributed by atoms with Crippen molar-refractivity contribution in [2.45, 2.75) is 111 Å². The molecular weight excluding hydrogens is 424 g/mol. The van der Waals surface area contributed by atoms with E-state index < -0.39 is 12.1 Å². The van der Waals surface area contributed by atoms with Crippen molar-refractivity contribution < 1.29 is 28.7 Å². The number of ether oxygens (including phenoxy) is 2. The van der Waals surface area contributed by atoms with Gasteiger partial charge in [-0.3, -0.25) is 9.59 Å². The Bertz CT molecular complexity index is 541. The van der Waals surface area contributed by atoms with E-state index in [1.54, 1.807) is 13.8 Å². The Morgan fingerprint density at radius 1 is 0.606 bits per heavy atom. The number of esters is 2. The van der Waals surface area contributed by atoms with E-state index in [1.165, 1.54) is 0 Å². The van der Waals surface area contributed by atoms with Crippen LogP contribution in [0.15, 0.2) is 0 Å². The van der Waals surface area contributed by atoms with E-state index in [2.05, 4.69) is 10.6 Å². The van der Waals surface area contributed by atoms with Crippen LogP contribution >= 0.6 is 0 Å². The Labute approximate surface area is 199 Å². The molecule has 0 radical (unpaired) electrons. The van der Waals surface area contributed by atoms with Gasteiger partial charge in [0, 0.05) is 12.8 Å². The lowest BCUT2D eigenvalue weighted by molar-refractivity contribution is -0.148. The van der Waals surface area contributed by atoms with Crippen molar-refractivity contribution in [1.29, 1.82) is 0 Å². The Kier molecular flexibility index (Phi) is 17.1. The first kappa shape index (κ1) is 30.9. The molecule has 8 nitrogen and oxygen atoms in total. The van der Waals surface area contributed by atoms with Crippen LogP contribution in [0.2, 0.25) is 0 Å². The minimum Gasteiger partial charge on any atom is -0.464 e. The molecule has 33 heavy (non-hydrogen) atoms. The van der Waals surface area contributed by atoms with Gasteiger partial charge in [-0.1, -0.05) is 47.0 Å². The summed E-state index contributed by atoms with van der Waals surface area (Å²) in [6, 6.07) is -1.19. The summed E-state index contributed by atoms with van der Waals surface area (Å²) in [4.78, 5) is 48.4. The minimum atomic E-state index is -0.593. The molecule has 0 aromatic heterocycles. The zero-order chi connectivity index (χ0) is 25.2. The molecule has 0 aliphatic heterocycles. The average Bonchev–Trinajstić information content (AvgIpc) is 2.71. The molecule has 0 aliphatic carbocycles. The largest absolute Gasteiger partial charge is 0.464 e. The summed E-state index contributed by atoms with van der Waals surface area (Å²) >= 11 is 0. The number of carbonyl (C=O) groups excluding carboxylic acids is 4. The molecule has 2 N–H and O–H groups in total. The lowest BCUT2D eigenvalue weighted by Gasteiger charge is -2.19. The Balaban J connectivity index is 4.12. The summed E-state index contributed by atoms with van der Waals surface area (Å²) < 4.78 is 10.1. The molecule has 8 heteroatoms. The maximum Gasteiger partial charge on any atom is 0.328 e. The lowest BCUT2D eigenvalue weighted by Crippen LogP contribution is -2.42. The Hall–Kier alpha value is -2.12. The van der Waals surface area contributed by atoms with Crippen LogP contribution in [-0.4, -0.2) is 49.1 Å². The summed E-state index contributed by atoms with van der Waals surface area (Å²) in [5.41, 5.74) is 0. The summed E-state index contributed by atoms with van der Waals surface area (Å²) in [5, 5.41) is 5.59. The van der Waals surface area contributed by atoms with Crippen LogP contribution in [0.3, 0.4) is 0 Å². The van der Waals surface area contributed by atoms with Gasteiger partial charge < -0.3 is 20.1 Å². The van der Waals surface area contributed by atoms with Crippen molar-refractivity contribution in [3.8, 4) is 0 Å². The first-order chi connectivity index (χ1) is 15.6. The first-order valence-corrected chi connectivity index (χ1v) is 12.5. The Morgan fingerprint density at radius 3 is 1.24 bits per heavy atom. The number of hydrogen-bond acceptors (Lipinski definition) is 6. The maximum absolute atomic E-state index is 12.2. The van der Waals surface area contributed by atoms with Crippen molar-refractivity contribution in [1.82, 2.24) is 10.6 Å². The van der Waals surface area contributed by atoms with Crippen molar-refractivity contribution in [2.75, 3.05) is 13.2 Å². The van der Waals surface area contributed by atoms with Gasteiger partial charge in [0.15, 0.2) is 0 Å². The molecule has 0 aromatic carbocycles. The number of amides is 2. The summed E-state index contributed by atoms with van der Waals surface area (Å²) in [6.45, 7) is 12.1. The van der Waals surface area contributed by atoms with Crippen LogP contribution < -0.4 is 10.6 Å². The standard InChI is InChI=1S/C25H46N2O6/c1-7-32-24(30)20(16-18(3)4)26-22(28)14-12-10-9-11-13-15-23(29)27-21(17-19(5)6)25(31)33-8-2/h18-21H,7-17H2,1-6H3,(H,26,28)(H,27,29)/t20-,21-/m0/s1. The predicted molar refractivity (Wildman–Crippen MR) is 128 cm³/mol. The number of carbonyl (C=O) groups is 4. The van der Waals surface area contributed by atoms with Crippen LogP contribution in [0.5, 0.6) is 0 Å². The number of nitrogens with one attached hydrogen (secondary N) is 2. The Morgan fingerprint density at radius 2 is 0.939 bits per heavy atom. The van der Waals surface area contributed by atoms with Gasteiger partial charge in [-0.25, -0.2) is 9.59 Å². The molecule has 2 atom stereocenters. The smallest absolute Gasteiger partial charge is 0.328 e. The van der Waals surface area contributed by atoms with E-state index in [-0.39, 0.29) is 35.6 Å². The van der Waals surface area contributed by atoms with Crippen LogP contribution in [0.1, 0.15) is 99.3 Å². The van der Waals surface area contributed by atoms with Gasteiger partial charge in [-0.2, -0.15) is 0 Å². The van der Waals surface area contributed by atoms with Crippen LogP contribution in [0.4, 0.5) is 0 Å². The van der Waals surface area contributed by atoms with E-state index in [0.717, 1.165) is 32.1 Å². The second kappa shape index (κ2) is 18.3. The molecular formula is C25H46N2O6. The normalized spacial score (nSPS) is 12.8. The number of hydrogen-bond donors (Lipinski definition) is 2. The van der Waals surface area contributed by atoms with Crippen molar-refractivity contribution >= 4 is 23.8 Å². The fourth-order valence-electron chi connectivity index (χ4n) is 3.49. The summed E-state index contributed by atoms with van der Waals surface area (Å²) in [7, 11) is 0. The topological polar surface area (TPSA) is 111 Å². The van der Waals surface area contributed by atoms with Crippen molar-refractivity contribution in [3.05, 3.63) is 0 Å². The highest BCUT2D eigenvalue weighted by molar-refractivity contribution is 5.85. The van der Waals surface area contributed by atoms with Crippen molar-refractivity contribution in [2.24, 2.45) is 11.8 Å². The molecule has 0 spiro atoms. The molecule has 0 aliphatic rings. The number of unbranched alkanes of at least 4 members (excludes halogenated alkanes) is 4. The van der Waals surface area contributed by atoms with Gasteiger partial charge >= 0.3 is 11.9 Å². The van der Waals surface area contributed by atoms with Gasteiger partial charge in [0.05, 0.1) is 13.2 Å². The molecule has 0 aromatic rings. The van der Waals surface area contributed by atoms with E-state index in [4.69, 9.17) is 9.47 Å². The molecule has 0 saturated heterocycles. The second-order valence-electron chi connectivity index (χ2n) is 9.27. The molecule has 0 saturated carbocycles. The monoisotopic (exact) mass is 470 g/mol. The molecule has 0 unspecified atom stereocenters. The van der Waals surface area contributed by atoms with Crippen LogP contribution in [0.25, 0.3) is 0 Å². The summed E-state index contributed by atoms with van der Waals surface area (Å²) in [5.74, 6) is -0.482. The van der Waals surface area contributed by atoms with Gasteiger partial charge in [-0.05, 0) is 51.4 Å². The van der Waals surface area contributed by atoms with E-state index in [1.807, 2.05) is 27.7 Å². The third-order valence-electron chi connectivity index (χ3n) is 5.03. The van der Waals surface area contributed by atoms with Crippen molar-refractivity contribution in [3.63, 3.8) is 0 Å². The predicted octanol–water partition coefficient (Wildman–Crippen LogP) is 3.91. The molecule has 0 rings (SSSR count). The quantitative estimate of drug-likeness (QED) is 0.232. The highest BCUT2D eigenvalue weighted by atomic mass is 16.5.